The van der Waals surface area contributed by atoms with Crippen molar-refractivity contribution in [3.8, 4) is 5.75 Å². The normalized spacial score (nSPS) is 46.6. The molecule has 15 heteroatoms. The van der Waals surface area contributed by atoms with Crippen LogP contribution in [0.5, 0.6) is 5.75 Å². The number of aliphatic hydroxyl groups excluding tert-OH is 3. The fourth-order valence-corrected chi connectivity index (χ4v) is 13.9. The highest BCUT2D eigenvalue weighted by Gasteiger charge is 2.79. The van der Waals surface area contributed by atoms with Crippen LogP contribution in [0.3, 0.4) is 0 Å². The quantitative estimate of drug-likeness (QED) is 0.209. The van der Waals surface area contributed by atoms with Crippen molar-refractivity contribution in [1.29, 1.82) is 0 Å². The van der Waals surface area contributed by atoms with Gasteiger partial charge in [0.05, 0.1) is 38.1 Å². The molecule has 2 saturated heterocycles. The first-order valence-electron chi connectivity index (χ1n) is 22.4. The average Bonchev–Trinajstić information content (AvgIpc) is 3.83. The van der Waals surface area contributed by atoms with Crippen molar-refractivity contribution in [3.05, 3.63) is 29.8 Å². The molecule has 8 rings (SSSR count). The third-order valence-electron chi connectivity index (χ3n) is 17.0. The Hall–Kier alpha value is -2.73. The standard InChI is InChI=1S/C46H66O15/c1-8-9-31(48)23(2)46(53)35(19-30-28-18-34(55-7)45-20-26(45)14-16-43(45,4)29(28)15-17-44(30,46)5)59-42-39(58-24(3)47)37(33(50)22-57-42)61-41-38(36(51)32(49)21-56-41)60-40(52)25-10-12-27(54-6)13-11-25/h10-13,23,26,28-30,32-39,41-42,49-51,53H,8-9,14-22H2,1-7H3/t23-,26-,28-,29+,30+,32-,33+,34-,35+,36+,37+,38-,39-,41+,42+,43-,44+,45+,46-/m1/s1. The van der Waals surface area contributed by atoms with Gasteiger partial charge in [-0.15, -0.1) is 0 Å². The maximum absolute atomic E-state index is 13.9. The van der Waals surface area contributed by atoms with E-state index in [9.17, 15) is 34.8 Å². The molecule has 0 unspecified atom stereocenters. The molecule has 19 atom stereocenters. The van der Waals surface area contributed by atoms with Crippen molar-refractivity contribution in [3.63, 3.8) is 0 Å². The monoisotopic (exact) mass is 858 g/mol. The highest BCUT2D eigenvalue weighted by molar-refractivity contribution is 5.89. The predicted molar refractivity (Wildman–Crippen MR) is 215 cm³/mol. The van der Waals surface area contributed by atoms with Crippen molar-refractivity contribution in [1.82, 2.24) is 0 Å². The molecule has 0 bridgehead atoms. The maximum Gasteiger partial charge on any atom is 0.338 e. The number of hydrogen-bond acceptors (Lipinski definition) is 15. The molecule has 0 radical (unpaired) electrons. The van der Waals surface area contributed by atoms with E-state index in [-0.39, 0.29) is 46.7 Å². The molecule has 1 aromatic rings. The summed E-state index contributed by atoms with van der Waals surface area (Å²) in [5.74, 6) is -0.645. The Morgan fingerprint density at radius 1 is 0.836 bits per heavy atom. The highest BCUT2D eigenvalue weighted by atomic mass is 16.8. The van der Waals surface area contributed by atoms with Crippen molar-refractivity contribution in [2.75, 3.05) is 27.4 Å². The van der Waals surface area contributed by atoms with Crippen molar-refractivity contribution in [2.45, 2.75) is 159 Å². The zero-order valence-corrected chi connectivity index (χ0v) is 36.5. The Morgan fingerprint density at radius 2 is 1.51 bits per heavy atom. The molecule has 2 heterocycles. The van der Waals surface area contributed by atoms with E-state index >= 15 is 0 Å². The molecule has 1 spiro atoms. The van der Waals surface area contributed by atoms with Gasteiger partial charge in [0.2, 0.25) is 0 Å². The Morgan fingerprint density at radius 3 is 2.15 bits per heavy atom. The van der Waals surface area contributed by atoms with E-state index in [0.717, 1.165) is 19.3 Å². The third-order valence-corrected chi connectivity index (χ3v) is 17.0. The predicted octanol–water partition coefficient (Wildman–Crippen LogP) is 3.73. The van der Waals surface area contributed by atoms with Gasteiger partial charge in [-0.05, 0) is 105 Å². The first-order chi connectivity index (χ1) is 29.0. The minimum absolute atomic E-state index is 0.0270. The zero-order chi connectivity index (χ0) is 43.8. The number of aliphatic hydroxyl groups is 4. The lowest BCUT2D eigenvalue weighted by molar-refractivity contribution is -0.345. The van der Waals surface area contributed by atoms with Crippen LogP contribution in [0.4, 0.5) is 0 Å². The number of ketones is 1. The van der Waals surface area contributed by atoms with Gasteiger partial charge in [0, 0.05) is 37.2 Å². The first kappa shape index (κ1) is 44.9. The SMILES string of the molecule is CCCC(=O)[C@@H](C)[C@@]1(O)[C@@H](O[C@@H]2OC[C@H](O)[C@H](O[C@@H]3OC[C@@H](O)[C@H](O)[C@H]3OC(=O)c3ccc(OC)cc3)[C@H]2OC(C)=O)C[C@H]2[C@@H]3C[C@@H](OC)[C@]45C[C@H]4CC[C@]5(C)[C@H]3CC[C@@]21C. The summed E-state index contributed by atoms with van der Waals surface area (Å²) in [5, 5.41) is 46.5. The van der Waals surface area contributed by atoms with Gasteiger partial charge in [-0.25, -0.2) is 4.79 Å². The molecule has 4 N–H and O–H groups in total. The number of carbonyl (C=O) groups is 3. The number of esters is 2. The summed E-state index contributed by atoms with van der Waals surface area (Å²) in [6.45, 7) is 8.77. The Bertz CT molecular complexity index is 1790. The number of ether oxygens (including phenoxy) is 8. The van der Waals surface area contributed by atoms with Crippen LogP contribution in [0.1, 0.15) is 103 Å². The number of Topliss-reactive ketones (excluding diaryl/α,β-unsaturated/α-hetero) is 1. The van der Waals surface area contributed by atoms with E-state index in [1.54, 1.807) is 19.1 Å². The van der Waals surface area contributed by atoms with Gasteiger partial charge in [0.1, 0.15) is 41.5 Å². The lowest BCUT2D eigenvalue weighted by Gasteiger charge is -2.61. The van der Waals surface area contributed by atoms with Crippen LogP contribution in [0.2, 0.25) is 0 Å². The molecule has 61 heavy (non-hydrogen) atoms. The molecule has 2 aliphatic heterocycles. The molecular formula is C46H66O15. The molecule has 1 aromatic carbocycles. The first-order valence-corrected chi connectivity index (χ1v) is 22.4. The lowest BCUT2D eigenvalue weighted by atomic mass is 9.44. The molecule has 15 nitrogen and oxygen atoms in total. The second-order valence-corrected chi connectivity index (χ2v) is 19.6. The topological polar surface area (TPSA) is 206 Å². The largest absolute Gasteiger partial charge is 0.497 e. The van der Waals surface area contributed by atoms with E-state index in [1.165, 1.54) is 39.0 Å². The number of methoxy groups -OCH3 is 2. The highest BCUT2D eigenvalue weighted by Crippen LogP contribution is 2.82. The average molecular weight is 859 g/mol. The zero-order valence-electron chi connectivity index (χ0n) is 36.5. The Balaban J connectivity index is 1.08. The van der Waals surface area contributed by atoms with E-state index in [1.807, 2.05) is 14.0 Å². The van der Waals surface area contributed by atoms with E-state index in [2.05, 4.69) is 13.8 Å². The Kier molecular flexibility index (Phi) is 12.3. The fourth-order valence-electron chi connectivity index (χ4n) is 13.9. The van der Waals surface area contributed by atoms with Crippen LogP contribution in [0.15, 0.2) is 24.3 Å². The van der Waals surface area contributed by atoms with Gasteiger partial charge in [-0.1, -0.05) is 27.7 Å². The van der Waals surface area contributed by atoms with Crippen LogP contribution in [0.25, 0.3) is 0 Å². The smallest absolute Gasteiger partial charge is 0.338 e. The summed E-state index contributed by atoms with van der Waals surface area (Å²) >= 11 is 0. The number of benzene rings is 1. The molecule has 0 amide bonds. The molecule has 7 aliphatic rings. The van der Waals surface area contributed by atoms with Crippen molar-refractivity contribution in [2.24, 2.45) is 45.8 Å². The Labute approximate surface area is 358 Å². The van der Waals surface area contributed by atoms with Crippen LogP contribution < -0.4 is 4.74 Å². The minimum Gasteiger partial charge on any atom is -0.497 e. The van der Waals surface area contributed by atoms with Gasteiger partial charge in [0.15, 0.2) is 24.8 Å². The maximum atomic E-state index is 13.9. The number of carbonyl (C=O) groups excluding carboxylic acids is 3. The number of hydrogen-bond donors (Lipinski definition) is 4. The second kappa shape index (κ2) is 16.7. The van der Waals surface area contributed by atoms with E-state index < -0.39 is 90.8 Å². The second-order valence-electron chi connectivity index (χ2n) is 19.6. The molecule has 5 aliphatic carbocycles. The summed E-state index contributed by atoms with van der Waals surface area (Å²) in [5.41, 5.74) is -1.94. The molecule has 0 aromatic heterocycles. The van der Waals surface area contributed by atoms with Crippen LogP contribution in [0, 0.1) is 45.8 Å². The summed E-state index contributed by atoms with van der Waals surface area (Å²) in [7, 11) is 3.31. The third kappa shape index (κ3) is 7.07. The molecule has 5 saturated carbocycles. The number of rotatable bonds is 13. The van der Waals surface area contributed by atoms with Gasteiger partial charge in [-0.2, -0.15) is 0 Å². The van der Waals surface area contributed by atoms with Gasteiger partial charge < -0.3 is 58.3 Å². The van der Waals surface area contributed by atoms with Gasteiger partial charge in [0.25, 0.3) is 0 Å². The van der Waals surface area contributed by atoms with Crippen LogP contribution in [-0.2, 0) is 42.7 Å². The van der Waals surface area contributed by atoms with Crippen molar-refractivity contribution < 1.29 is 72.7 Å². The van der Waals surface area contributed by atoms with E-state index in [4.69, 9.17) is 37.9 Å². The summed E-state index contributed by atoms with van der Waals surface area (Å²) in [4.78, 5) is 40.0. The van der Waals surface area contributed by atoms with Crippen LogP contribution >= 0.6 is 0 Å². The van der Waals surface area contributed by atoms with Gasteiger partial charge in [-0.3, -0.25) is 9.59 Å². The summed E-state index contributed by atoms with van der Waals surface area (Å²) in [6, 6.07) is 6.07. The summed E-state index contributed by atoms with van der Waals surface area (Å²) < 4.78 is 48.1. The minimum atomic E-state index is -1.65. The van der Waals surface area contributed by atoms with E-state index in [0.29, 0.717) is 43.3 Å². The molecular weight excluding hydrogens is 792 g/mol. The van der Waals surface area contributed by atoms with Crippen molar-refractivity contribution >= 4 is 17.7 Å². The molecule has 340 valence electrons. The molecule has 7 fully saturated rings. The lowest BCUT2D eigenvalue weighted by Crippen LogP contribution is -2.64. The summed E-state index contributed by atoms with van der Waals surface area (Å²) in [6.07, 6.45) is -5.32. The fraction of sp³-hybridized carbons (Fsp3) is 0.804. The van der Waals surface area contributed by atoms with Gasteiger partial charge >= 0.3 is 11.9 Å². The number of fused-ring (bicyclic) bond motifs is 4. The van der Waals surface area contributed by atoms with Crippen LogP contribution in [-0.4, -0.2) is 133 Å².